The van der Waals surface area contributed by atoms with Crippen LogP contribution in [0.3, 0.4) is 0 Å². The van der Waals surface area contributed by atoms with Crippen molar-refractivity contribution >= 4 is 73.3 Å². The van der Waals surface area contributed by atoms with Gasteiger partial charge < -0.3 is 16.0 Å². The molecule has 0 spiro atoms. The highest BCUT2D eigenvalue weighted by Gasteiger charge is 2.11. The summed E-state index contributed by atoms with van der Waals surface area (Å²) in [7, 11) is 0. The van der Waals surface area contributed by atoms with Crippen LogP contribution in [0.5, 0.6) is 0 Å². The zero-order valence-corrected chi connectivity index (χ0v) is 20.3. The second-order valence-electron chi connectivity index (χ2n) is 7.12. The van der Waals surface area contributed by atoms with Crippen LogP contribution in [0.2, 0.25) is 0 Å². The molecule has 4 rings (SSSR count). The number of aromatic nitrogens is 2. The molecule has 0 aliphatic carbocycles. The van der Waals surface area contributed by atoms with Crippen molar-refractivity contribution < 1.29 is 9.59 Å². The molecule has 0 radical (unpaired) electrons. The van der Waals surface area contributed by atoms with E-state index < -0.39 is 0 Å². The smallest absolute Gasteiger partial charge is 0.247 e. The first-order chi connectivity index (χ1) is 16.5. The number of hydrogen-bond acceptors (Lipinski definition) is 6. The molecule has 0 aliphatic heterocycles. The number of nitrogens with one attached hydrogen (secondary N) is 3. The van der Waals surface area contributed by atoms with E-state index in [9.17, 15) is 9.59 Å². The van der Waals surface area contributed by atoms with E-state index in [1.54, 1.807) is 24.3 Å². The third kappa shape index (κ3) is 6.21. The molecular weight excluding hydrogens is 514 g/mol. The highest BCUT2D eigenvalue weighted by atomic mass is 79.9. The summed E-state index contributed by atoms with van der Waals surface area (Å²) in [5.41, 5.74) is 2.80. The monoisotopic (exact) mass is 533 g/mol. The van der Waals surface area contributed by atoms with E-state index in [2.05, 4.69) is 48.4 Å². The number of thioether (sulfide) groups is 1. The van der Waals surface area contributed by atoms with E-state index in [1.807, 2.05) is 48.5 Å². The van der Waals surface area contributed by atoms with Crippen LogP contribution in [0.1, 0.15) is 0 Å². The van der Waals surface area contributed by atoms with Gasteiger partial charge in [-0.1, -0.05) is 58.5 Å². The first-order valence-electron chi connectivity index (χ1n) is 10.3. The third-order valence-corrected chi connectivity index (χ3v) is 5.94. The normalized spacial score (nSPS) is 10.5. The maximum atomic E-state index is 12.5. The summed E-state index contributed by atoms with van der Waals surface area (Å²) in [6, 6.07) is 22.4. The van der Waals surface area contributed by atoms with Gasteiger partial charge in [0, 0.05) is 26.9 Å². The fraction of sp³-hybridized carbons (Fsp3) is 0.0400. The molecule has 0 aliphatic rings. The second-order valence-corrected chi connectivity index (χ2v) is 8.98. The summed E-state index contributed by atoms with van der Waals surface area (Å²) >= 11 is 4.72. The lowest BCUT2D eigenvalue weighted by molar-refractivity contribution is -0.114. The Labute approximate surface area is 209 Å². The highest BCUT2D eigenvalue weighted by molar-refractivity contribution is 9.10. The molecule has 34 heavy (non-hydrogen) atoms. The number of amides is 2. The predicted molar refractivity (Wildman–Crippen MR) is 142 cm³/mol. The fourth-order valence-electron chi connectivity index (χ4n) is 3.11. The molecule has 9 heteroatoms. The van der Waals surface area contributed by atoms with Gasteiger partial charge in [0.15, 0.2) is 5.16 Å². The summed E-state index contributed by atoms with van der Waals surface area (Å²) < 4.78 is 0.954. The average Bonchev–Trinajstić information content (AvgIpc) is 2.83. The molecule has 0 saturated carbocycles. The number of fused-ring (bicyclic) bond motifs is 1. The van der Waals surface area contributed by atoms with E-state index in [0.717, 1.165) is 21.1 Å². The number of rotatable bonds is 8. The first kappa shape index (κ1) is 23.5. The van der Waals surface area contributed by atoms with Gasteiger partial charge >= 0.3 is 0 Å². The number of carbonyl (C=O) groups is 2. The minimum atomic E-state index is -0.320. The van der Waals surface area contributed by atoms with Crippen molar-refractivity contribution in [2.24, 2.45) is 0 Å². The number of nitrogens with zero attached hydrogens (tertiary/aromatic N) is 2. The predicted octanol–water partition coefficient (Wildman–Crippen LogP) is 5.99. The second kappa shape index (κ2) is 11.0. The first-order valence-corrected chi connectivity index (χ1v) is 12.0. The zero-order chi connectivity index (χ0) is 23.9. The van der Waals surface area contributed by atoms with Crippen molar-refractivity contribution in [3.05, 3.63) is 89.9 Å². The summed E-state index contributed by atoms with van der Waals surface area (Å²) in [4.78, 5) is 33.3. The zero-order valence-electron chi connectivity index (χ0n) is 17.9. The Kier molecular flexibility index (Phi) is 7.56. The SMILES string of the molecule is C=CC(=O)Nc1cccc(NC(=O)CSc2nc(Nc3cccc(Br)c3)c3ccccc3n2)c1. The molecule has 2 amide bonds. The summed E-state index contributed by atoms with van der Waals surface area (Å²) in [5, 5.41) is 10.2. The molecule has 0 unspecified atom stereocenters. The van der Waals surface area contributed by atoms with Crippen LogP contribution in [0.4, 0.5) is 22.9 Å². The lowest BCUT2D eigenvalue weighted by atomic mass is 10.2. The van der Waals surface area contributed by atoms with Gasteiger partial charge in [0.2, 0.25) is 11.8 Å². The van der Waals surface area contributed by atoms with Gasteiger partial charge in [0.25, 0.3) is 0 Å². The largest absolute Gasteiger partial charge is 0.340 e. The lowest BCUT2D eigenvalue weighted by Crippen LogP contribution is -2.15. The maximum Gasteiger partial charge on any atom is 0.247 e. The molecule has 7 nitrogen and oxygen atoms in total. The molecule has 170 valence electrons. The van der Waals surface area contributed by atoms with Crippen LogP contribution in [-0.2, 0) is 9.59 Å². The van der Waals surface area contributed by atoms with Crippen molar-refractivity contribution in [1.82, 2.24) is 9.97 Å². The molecule has 1 heterocycles. The van der Waals surface area contributed by atoms with Crippen molar-refractivity contribution in [2.75, 3.05) is 21.7 Å². The van der Waals surface area contributed by atoms with E-state index >= 15 is 0 Å². The molecule has 0 saturated heterocycles. The summed E-state index contributed by atoms with van der Waals surface area (Å²) in [6.45, 7) is 3.43. The number of benzene rings is 3. The number of halogens is 1. The Morgan fingerprint density at radius 2 is 1.65 bits per heavy atom. The Morgan fingerprint density at radius 1 is 0.912 bits per heavy atom. The van der Waals surface area contributed by atoms with Gasteiger partial charge in [-0.2, -0.15) is 0 Å². The molecule has 3 aromatic carbocycles. The quantitative estimate of drug-likeness (QED) is 0.146. The van der Waals surface area contributed by atoms with E-state index in [4.69, 9.17) is 0 Å². The van der Waals surface area contributed by atoms with Crippen molar-refractivity contribution in [2.45, 2.75) is 5.16 Å². The van der Waals surface area contributed by atoms with Gasteiger partial charge in [-0.15, -0.1) is 0 Å². The average molecular weight is 534 g/mol. The molecule has 0 atom stereocenters. The molecular formula is C25H20BrN5O2S. The van der Waals surface area contributed by atoms with Crippen molar-refractivity contribution in [3.63, 3.8) is 0 Å². The maximum absolute atomic E-state index is 12.5. The number of para-hydroxylation sites is 1. The van der Waals surface area contributed by atoms with Crippen LogP contribution in [-0.4, -0.2) is 27.5 Å². The molecule has 3 N–H and O–H groups in total. The summed E-state index contributed by atoms with van der Waals surface area (Å²) in [5.74, 6) is 0.255. The van der Waals surface area contributed by atoms with Crippen molar-refractivity contribution in [1.29, 1.82) is 0 Å². The Morgan fingerprint density at radius 3 is 2.44 bits per heavy atom. The van der Waals surface area contributed by atoms with Crippen LogP contribution < -0.4 is 16.0 Å². The van der Waals surface area contributed by atoms with Crippen LogP contribution in [0.15, 0.2) is 95.1 Å². The Bertz CT molecular complexity index is 1380. The van der Waals surface area contributed by atoms with Gasteiger partial charge in [0.1, 0.15) is 5.82 Å². The lowest BCUT2D eigenvalue weighted by Gasteiger charge is -2.11. The minimum Gasteiger partial charge on any atom is -0.340 e. The van der Waals surface area contributed by atoms with Gasteiger partial charge in [-0.25, -0.2) is 9.97 Å². The standard InChI is InChI=1S/C25H20BrN5O2S/c1-2-22(32)27-18-9-6-10-19(14-18)28-23(33)15-34-25-30-21-12-4-3-11-20(21)24(31-25)29-17-8-5-7-16(26)13-17/h2-14H,1,15H2,(H,27,32)(H,28,33)(H,29,30,31). The molecule has 0 bridgehead atoms. The van der Waals surface area contributed by atoms with Crippen molar-refractivity contribution in [3.8, 4) is 0 Å². The minimum absolute atomic E-state index is 0.123. The number of hydrogen-bond donors (Lipinski definition) is 3. The topological polar surface area (TPSA) is 96.0 Å². The Balaban J connectivity index is 1.47. The summed E-state index contributed by atoms with van der Waals surface area (Å²) in [6.07, 6.45) is 1.19. The molecule has 0 fully saturated rings. The third-order valence-electron chi connectivity index (χ3n) is 4.60. The van der Waals surface area contributed by atoms with Crippen LogP contribution in [0, 0.1) is 0 Å². The van der Waals surface area contributed by atoms with E-state index in [0.29, 0.717) is 22.3 Å². The fourth-order valence-corrected chi connectivity index (χ4v) is 4.16. The molecule has 1 aromatic heterocycles. The van der Waals surface area contributed by atoms with Crippen LogP contribution in [0.25, 0.3) is 10.9 Å². The van der Waals surface area contributed by atoms with Gasteiger partial charge in [-0.3, -0.25) is 9.59 Å². The number of carbonyl (C=O) groups excluding carboxylic acids is 2. The van der Waals surface area contributed by atoms with E-state index in [-0.39, 0.29) is 17.6 Å². The number of anilines is 4. The van der Waals surface area contributed by atoms with Gasteiger partial charge in [-0.05, 0) is 54.6 Å². The van der Waals surface area contributed by atoms with Gasteiger partial charge in [0.05, 0.1) is 11.3 Å². The van der Waals surface area contributed by atoms with Crippen LogP contribution >= 0.6 is 27.7 Å². The Hall–Kier alpha value is -3.69. The van der Waals surface area contributed by atoms with E-state index in [1.165, 1.54) is 17.8 Å². The molecule has 4 aromatic rings. The highest BCUT2D eigenvalue weighted by Crippen LogP contribution is 2.28.